The number of nitrogens with one attached hydrogen (secondary N) is 1. The smallest absolute Gasteiger partial charge is 0.307 e. The van der Waals surface area contributed by atoms with Gasteiger partial charge in [-0.15, -0.1) is 12.4 Å². The molecule has 1 saturated heterocycles. The van der Waals surface area contributed by atoms with Crippen molar-refractivity contribution >= 4 is 24.3 Å². The van der Waals surface area contributed by atoms with Crippen LogP contribution in [0.15, 0.2) is 24.3 Å². The van der Waals surface area contributed by atoms with Gasteiger partial charge in [-0.1, -0.05) is 12.1 Å². The zero-order chi connectivity index (χ0) is 18.1. The molecule has 1 aromatic carbocycles. The highest BCUT2D eigenvalue weighted by molar-refractivity contribution is 5.85. The van der Waals surface area contributed by atoms with Crippen molar-refractivity contribution in [2.45, 2.75) is 19.4 Å². The lowest BCUT2D eigenvalue weighted by Crippen LogP contribution is -2.44. The number of benzene rings is 1. The van der Waals surface area contributed by atoms with E-state index in [4.69, 9.17) is 14.6 Å². The van der Waals surface area contributed by atoms with Crippen molar-refractivity contribution in [2.24, 2.45) is 5.92 Å². The number of amides is 1. The SMILES string of the molecule is COCCOc1cccc(CNC(=O)CN2CCCC(C(=O)O)C2)c1.Cl. The molecule has 0 aromatic heterocycles. The van der Waals surface area contributed by atoms with Crippen molar-refractivity contribution in [3.8, 4) is 5.75 Å². The van der Waals surface area contributed by atoms with Gasteiger partial charge < -0.3 is 19.9 Å². The molecule has 1 fully saturated rings. The first-order valence-corrected chi connectivity index (χ1v) is 8.51. The van der Waals surface area contributed by atoms with Crippen LogP contribution in [0.25, 0.3) is 0 Å². The molecular formula is C18H27ClN2O5. The summed E-state index contributed by atoms with van der Waals surface area (Å²) >= 11 is 0. The Labute approximate surface area is 160 Å². The lowest BCUT2D eigenvalue weighted by atomic mass is 9.98. The molecule has 1 aliphatic rings. The van der Waals surface area contributed by atoms with E-state index in [9.17, 15) is 9.59 Å². The molecule has 146 valence electrons. The highest BCUT2D eigenvalue weighted by Crippen LogP contribution is 2.16. The van der Waals surface area contributed by atoms with Crippen molar-refractivity contribution in [3.05, 3.63) is 29.8 Å². The van der Waals surface area contributed by atoms with Crippen LogP contribution in [0.1, 0.15) is 18.4 Å². The Morgan fingerprint density at radius 1 is 1.35 bits per heavy atom. The summed E-state index contributed by atoms with van der Waals surface area (Å²) in [5.41, 5.74) is 0.949. The van der Waals surface area contributed by atoms with Crippen LogP contribution in [-0.2, 0) is 20.9 Å². The molecule has 0 bridgehead atoms. The Kier molecular flexibility index (Phi) is 10.0. The van der Waals surface area contributed by atoms with E-state index in [-0.39, 0.29) is 30.8 Å². The number of nitrogens with zero attached hydrogens (tertiary/aromatic N) is 1. The standard InChI is InChI=1S/C18H26N2O5.ClH/c1-24-8-9-25-16-6-2-4-14(10-16)11-19-17(21)13-20-7-3-5-15(12-20)18(22)23;/h2,4,6,10,15H,3,5,7-9,11-13H2,1H3,(H,19,21)(H,22,23);1H. The van der Waals surface area contributed by atoms with Gasteiger partial charge in [0.15, 0.2) is 0 Å². The second kappa shape index (κ2) is 11.7. The van der Waals surface area contributed by atoms with Gasteiger partial charge in [0.05, 0.1) is 19.1 Å². The largest absolute Gasteiger partial charge is 0.491 e. The van der Waals surface area contributed by atoms with Crippen LogP contribution in [0.3, 0.4) is 0 Å². The third kappa shape index (κ3) is 7.59. The number of rotatable bonds is 9. The van der Waals surface area contributed by atoms with Crippen LogP contribution < -0.4 is 10.1 Å². The van der Waals surface area contributed by atoms with Crippen molar-refractivity contribution < 1.29 is 24.2 Å². The number of carbonyl (C=O) groups excluding carboxylic acids is 1. The molecule has 1 unspecified atom stereocenters. The molecule has 26 heavy (non-hydrogen) atoms. The number of hydrogen-bond donors (Lipinski definition) is 2. The number of ether oxygens (including phenoxy) is 2. The first kappa shape index (κ1) is 22.2. The van der Waals surface area contributed by atoms with Crippen molar-refractivity contribution in [1.29, 1.82) is 0 Å². The first-order chi connectivity index (χ1) is 12.1. The lowest BCUT2D eigenvalue weighted by molar-refractivity contribution is -0.144. The second-order valence-corrected chi connectivity index (χ2v) is 6.18. The fourth-order valence-electron chi connectivity index (χ4n) is 2.85. The second-order valence-electron chi connectivity index (χ2n) is 6.18. The number of halogens is 1. The summed E-state index contributed by atoms with van der Waals surface area (Å²) in [4.78, 5) is 25.1. The molecule has 0 radical (unpaired) electrons. The van der Waals surface area contributed by atoms with Crippen LogP contribution in [0.2, 0.25) is 0 Å². The van der Waals surface area contributed by atoms with Crippen LogP contribution in [-0.4, -0.2) is 61.8 Å². The Morgan fingerprint density at radius 2 is 2.15 bits per heavy atom. The van der Waals surface area contributed by atoms with Crippen LogP contribution in [0.5, 0.6) is 5.75 Å². The number of aliphatic carboxylic acids is 1. The quantitative estimate of drug-likeness (QED) is 0.626. The zero-order valence-electron chi connectivity index (χ0n) is 15.0. The van der Waals surface area contributed by atoms with Crippen molar-refractivity contribution in [3.63, 3.8) is 0 Å². The molecule has 0 saturated carbocycles. The third-order valence-electron chi connectivity index (χ3n) is 4.17. The van der Waals surface area contributed by atoms with E-state index in [2.05, 4.69) is 5.32 Å². The minimum absolute atomic E-state index is 0. The Morgan fingerprint density at radius 3 is 2.88 bits per heavy atom. The van der Waals surface area contributed by atoms with Gasteiger partial charge in [0.2, 0.25) is 5.91 Å². The average molecular weight is 387 g/mol. The molecule has 1 amide bonds. The molecule has 0 aliphatic carbocycles. The van der Waals surface area contributed by atoms with Gasteiger partial charge in [-0.3, -0.25) is 14.5 Å². The number of carboxylic acid groups (broad SMARTS) is 1. The van der Waals surface area contributed by atoms with Crippen molar-refractivity contribution in [2.75, 3.05) is 40.0 Å². The number of piperidine rings is 1. The van der Waals surface area contributed by atoms with Crippen LogP contribution in [0.4, 0.5) is 0 Å². The van der Waals surface area contributed by atoms with E-state index < -0.39 is 5.97 Å². The van der Waals surface area contributed by atoms with Crippen LogP contribution >= 0.6 is 12.4 Å². The van der Waals surface area contributed by atoms with Gasteiger partial charge in [-0.25, -0.2) is 0 Å². The maximum atomic E-state index is 12.1. The normalized spacial score (nSPS) is 17.2. The Bertz CT molecular complexity index is 584. The van der Waals surface area contributed by atoms with Gasteiger partial charge in [-0.05, 0) is 37.1 Å². The Hall–Kier alpha value is -1.83. The molecule has 1 aliphatic heterocycles. The molecule has 0 spiro atoms. The minimum Gasteiger partial charge on any atom is -0.491 e. The van der Waals surface area contributed by atoms with E-state index in [0.29, 0.717) is 32.7 Å². The fourth-order valence-corrected chi connectivity index (χ4v) is 2.85. The molecule has 1 heterocycles. The molecule has 2 rings (SSSR count). The van der Waals surface area contributed by atoms with E-state index >= 15 is 0 Å². The summed E-state index contributed by atoms with van der Waals surface area (Å²) in [5.74, 6) is -0.515. The molecular weight excluding hydrogens is 360 g/mol. The summed E-state index contributed by atoms with van der Waals surface area (Å²) in [6, 6.07) is 7.55. The number of methoxy groups -OCH3 is 1. The van der Waals surface area contributed by atoms with Gasteiger partial charge >= 0.3 is 5.97 Å². The van der Waals surface area contributed by atoms with E-state index in [1.807, 2.05) is 29.2 Å². The lowest BCUT2D eigenvalue weighted by Gasteiger charge is -2.29. The maximum Gasteiger partial charge on any atom is 0.307 e. The van der Waals surface area contributed by atoms with Gasteiger partial charge in [0.25, 0.3) is 0 Å². The highest BCUT2D eigenvalue weighted by atomic mass is 35.5. The number of carboxylic acids is 1. The number of carbonyl (C=O) groups is 2. The monoisotopic (exact) mass is 386 g/mol. The van der Waals surface area contributed by atoms with E-state index in [1.54, 1.807) is 7.11 Å². The maximum absolute atomic E-state index is 12.1. The van der Waals surface area contributed by atoms with Gasteiger partial charge in [0, 0.05) is 20.2 Å². The number of likely N-dealkylation sites (tertiary alicyclic amines) is 1. The van der Waals surface area contributed by atoms with Crippen molar-refractivity contribution in [1.82, 2.24) is 10.2 Å². The first-order valence-electron chi connectivity index (χ1n) is 8.51. The van der Waals surface area contributed by atoms with E-state index in [0.717, 1.165) is 24.3 Å². The summed E-state index contributed by atoms with van der Waals surface area (Å²) in [6.07, 6.45) is 1.49. The Balaban J connectivity index is 0.00000338. The topological polar surface area (TPSA) is 88.1 Å². The average Bonchev–Trinajstić information content (AvgIpc) is 2.61. The third-order valence-corrected chi connectivity index (χ3v) is 4.17. The highest BCUT2D eigenvalue weighted by Gasteiger charge is 2.26. The fraction of sp³-hybridized carbons (Fsp3) is 0.556. The molecule has 1 aromatic rings. The predicted molar refractivity (Wildman–Crippen MR) is 99.7 cm³/mol. The summed E-state index contributed by atoms with van der Waals surface area (Å²) in [6.45, 7) is 2.84. The molecule has 2 N–H and O–H groups in total. The van der Waals surface area contributed by atoms with Crippen LogP contribution in [0, 0.1) is 5.92 Å². The molecule has 8 heteroatoms. The minimum atomic E-state index is -0.782. The predicted octanol–water partition coefficient (Wildman–Crippen LogP) is 1.55. The molecule has 1 atom stereocenters. The molecule has 7 nitrogen and oxygen atoms in total. The zero-order valence-corrected chi connectivity index (χ0v) is 15.8. The summed E-state index contributed by atoms with van der Waals surface area (Å²) in [5, 5.41) is 12.0. The van der Waals surface area contributed by atoms with E-state index in [1.165, 1.54) is 0 Å². The summed E-state index contributed by atoms with van der Waals surface area (Å²) < 4.78 is 10.5. The summed E-state index contributed by atoms with van der Waals surface area (Å²) in [7, 11) is 1.62. The van der Waals surface area contributed by atoms with Gasteiger partial charge in [-0.2, -0.15) is 0 Å². The number of hydrogen-bond acceptors (Lipinski definition) is 5. The van der Waals surface area contributed by atoms with Gasteiger partial charge in [0.1, 0.15) is 12.4 Å².